The Hall–Kier alpha value is -1.28. The molecule has 0 bridgehead atoms. The van der Waals surface area contributed by atoms with Crippen LogP contribution < -0.4 is 10.1 Å². The number of para-hydroxylation sites is 1. The van der Waals surface area contributed by atoms with E-state index in [1.165, 1.54) is 0 Å². The fourth-order valence-electron chi connectivity index (χ4n) is 1.34. The SMILES string of the molecule is CCOc1ccccc1C=CCCNC. The molecule has 0 unspecified atom stereocenters. The molecule has 2 nitrogen and oxygen atoms in total. The second kappa shape index (κ2) is 7.07. The predicted octanol–water partition coefficient (Wildman–Crippen LogP) is 2.71. The average Bonchev–Trinajstić information content (AvgIpc) is 2.27. The zero-order valence-electron chi connectivity index (χ0n) is 9.49. The van der Waals surface area contributed by atoms with Gasteiger partial charge in [0, 0.05) is 5.56 Å². The molecule has 15 heavy (non-hydrogen) atoms. The van der Waals surface area contributed by atoms with Crippen molar-refractivity contribution in [2.45, 2.75) is 13.3 Å². The van der Waals surface area contributed by atoms with Crippen molar-refractivity contribution in [3.05, 3.63) is 35.9 Å². The maximum Gasteiger partial charge on any atom is 0.126 e. The molecule has 1 N–H and O–H groups in total. The lowest BCUT2D eigenvalue weighted by Gasteiger charge is -2.06. The Labute approximate surface area is 92.0 Å². The van der Waals surface area contributed by atoms with Crippen molar-refractivity contribution in [1.82, 2.24) is 5.32 Å². The largest absolute Gasteiger partial charge is 0.493 e. The number of benzene rings is 1. The highest BCUT2D eigenvalue weighted by Gasteiger charge is 1.96. The highest BCUT2D eigenvalue weighted by Crippen LogP contribution is 2.19. The first-order valence-corrected chi connectivity index (χ1v) is 5.41. The van der Waals surface area contributed by atoms with Crippen molar-refractivity contribution in [3.8, 4) is 5.75 Å². The zero-order chi connectivity index (χ0) is 10.9. The first kappa shape index (κ1) is 11.8. The van der Waals surface area contributed by atoms with Gasteiger partial charge >= 0.3 is 0 Å². The summed E-state index contributed by atoms with van der Waals surface area (Å²) in [6.07, 6.45) is 5.31. The van der Waals surface area contributed by atoms with Gasteiger partial charge in [-0.25, -0.2) is 0 Å². The van der Waals surface area contributed by atoms with Crippen LogP contribution in [-0.2, 0) is 0 Å². The van der Waals surface area contributed by atoms with E-state index in [9.17, 15) is 0 Å². The highest BCUT2D eigenvalue weighted by molar-refractivity contribution is 5.57. The van der Waals surface area contributed by atoms with E-state index >= 15 is 0 Å². The van der Waals surface area contributed by atoms with Gasteiger partial charge in [-0.1, -0.05) is 30.4 Å². The summed E-state index contributed by atoms with van der Waals surface area (Å²) in [5, 5.41) is 3.11. The van der Waals surface area contributed by atoms with Gasteiger partial charge in [0.25, 0.3) is 0 Å². The lowest BCUT2D eigenvalue weighted by atomic mass is 10.2. The third-order valence-corrected chi connectivity index (χ3v) is 2.08. The standard InChI is InChI=1S/C13H19NO/c1-3-15-13-10-5-4-8-12(13)9-6-7-11-14-2/h4-6,8-10,14H,3,7,11H2,1-2H3. The van der Waals surface area contributed by atoms with Crippen LogP contribution in [0.1, 0.15) is 18.9 Å². The van der Waals surface area contributed by atoms with E-state index < -0.39 is 0 Å². The molecule has 0 heterocycles. The van der Waals surface area contributed by atoms with Gasteiger partial charge in [0.2, 0.25) is 0 Å². The molecule has 2 heteroatoms. The fraction of sp³-hybridized carbons (Fsp3) is 0.385. The third kappa shape index (κ3) is 4.17. The van der Waals surface area contributed by atoms with E-state index in [0.717, 1.165) is 24.3 Å². The lowest BCUT2D eigenvalue weighted by molar-refractivity contribution is 0.339. The predicted molar refractivity (Wildman–Crippen MR) is 65.2 cm³/mol. The molecule has 1 aromatic carbocycles. The van der Waals surface area contributed by atoms with E-state index in [0.29, 0.717) is 6.61 Å². The Morgan fingerprint density at radius 2 is 2.13 bits per heavy atom. The molecule has 1 rings (SSSR count). The second-order valence-corrected chi connectivity index (χ2v) is 3.27. The van der Waals surface area contributed by atoms with Crippen LogP contribution >= 0.6 is 0 Å². The normalized spacial score (nSPS) is 10.8. The Balaban J connectivity index is 2.62. The van der Waals surface area contributed by atoms with Crippen LogP contribution in [0.25, 0.3) is 6.08 Å². The van der Waals surface area contributed by atoms with Crippen molar-refractivity contribution in [2.75, 3.05) is 20.2 Å². The molecule has 0 aliphatic heterocycles. The molecule has 0 radical (unpaired) electrons. The van der Waals surface area contributed by atoms with Gasteiger partial charge in [0.1, 0.15) is 5.75 Å². The van der Waals surface area contributed by atoms with Gasteiger partial charge < -0.3 is 10.1 Å². The summed E-state index contributed by atoms with van der Waals surface area (Å²) in [7, 11) is 1.96. The molecule has 0 amide bonds. The summed E-state index contributed by atoms with van der Waals surface area (Å²) in [4.78, 5) is 0. The summed E-state index contributed by atoms with van der Waals surface area (Å²) in [5.41, 5.74) is 1.15. The molecule has 0 aliphatic rings. The van der Waals surface area contributed by atoms with E-state index in [1.54, 1.807) is 0 Å². The van der Waals surface area contributed by atoms with Crippen LogP contribution in [0.2, 0.25) is 0 Å². The van der Waals surface area contributed by atoms with E-state index in [4.69, 9.17) is 4.74 Å². The molecule has 0 saturated carbocycles. The van der Waals surface area contributed by atoms with Gasteiger partial charge in [-0.3, -0.25) is 0 Å². The van der Waals surface area contributed by atoms with Crippen LogP contribution in [0, 0.1) is 0 Å². The van der Waals surface area contributed by atoms with Crippen molar-refractivity contribution < 1.29 is 4.74 Å². The molecular weight excluding hydrogens is 186 g/mol. The maximum absolute atomic E-state index is 5.53. The van der Waals surface area contributed by atoms with E-state index in [2.05, 4.69) is 23.5 Å². The molecule has 0 aromatic heterocycles. The van der Waals surface area contributed by atoms with Gasteiger partial charge in [-0.05, 0) is 33.0 Å². The molecule has 0 saturated heterocycles. The zero-order valence-corrected chi connectivity index (χ0v) is 9.49. The fourth-order valence-corrected chi connectivity index (χ4v) is 1.34. The summed E-state index contributed by atoms with van der Waals surface area (Å²) in [6.45, 7) is 3.72. The quantitative estimate of drug-likeness (QED) is 0.721. The minimum atomic E-state index is 0.710. The third-order valence-electron chi connectivity index (χ3n) is 2.08. The first-order chi connectivity index (χ1) is 7.38. The van der Waals surface area contributed by atoms with Crippen LogP contribution in [0.4, 0.5) is 0 Å². The van der Waals surface area contributed by atoms with Crippen LogP contribution in [-0.4, -0.2) is 20.2 Å². The number of rotatable bonds is 6. The summed E-state index contributed by atoms with van der Waals surface area (Å²) >= 11 is 0. The second-order valence-electron chi connectivity index (χ2n) is 3.27. The van der Waals surface area contributed by atoms with Crippen LogP contribution in [0.15, 0.2) is 30.3 Å². The highest BCUT2D eigenvalue weighted by atomic mass is 16.5. The summed E-state index contributed by atoms with van der Waals surface area (Å²) < 4.78 is 5.53. The maximum atomic E-state index is 5.53. The van der Waals surface area contributed by atoms with Crippen molar-refractivity contribution in [2.24, 2.45) is 0 Å². The van der Waals surface area contributed by atoms with E-state index in [1.807, 2.05) is 32.2 Å². The number of ether oxygens (including phenoxy) is 1. The van der Waals surface area contributed by atoms with Crippen molar-refractivity contribution in [1.29, 1.82) is 0 Å². The summed E-state index contributed by atoms with van der Waals surface area (Å²) in [6, 6.07) is 8.10. The Bertz CT molecular complexity index is 307. The summed E-state index contributed by atoms with van der Waals surface area (Å²) in [5.74, 6) is 0.959. The molecular formula is C13H19NO. The molecule has 0 spiro atoms. The Morgan fingerprint density at radius 1 is 1.33 bits per heavy atom. The molecule has 1 aromatic rings. The Kier molecular flexibility index (Phi) is 5.56. The van der Waals surface area contributed by atoms with Crippen LogP contribution in [0.3, 0.4) is 0 Å². The van der Waals surface area contributed by atoms with Gasteiger partial charge in [0.15, 0.2) is 0 Å². The molecule has 0 fully saturated rings. The minimum Gasteiger partial charge on any atom is -0.493 e. The van der Waals surface area contributed by atoms with Crippen molar-refractivity contribution >= 4 is 6.08 Å². The van der Waals surface area contributed by atoms with Gasteiger partial charge in [-0.2, -0.15) is 0 Å². The smallest absolute Gasteiger partial charge is 0.126 e. The van der Waals surface area contributed by atoms with E-state index in [-0.39, 0.29) is 0 Å². The molecule has 0 atom stereocenters. The van der Waals surface area contributed by atoms with Gasteiger partial charge in [-0.15, -0.1) is 0 Å². The van der Waals surface area contributed by atoms with Crippen LogP contribution in [0.5, 0.6) is 5.75 Å². The number of hydrogen-bond donors (Lipinski definition) is 1. The first-order valence-electron chi connectivity index (χ1n) is 5.41. The molecule has 82 valence electrons. The molecule has 0 aliphatic carbocycles. The lowest BCUT2D eigenvalue weighted by Crippen LogP contribution is -2.05. The number of hydrogen-bond acceptors (Lipinski definition) is 2. The minimum absolute atomic E-state index is 0.710. The Morgan fingerprint density at radius 3 is 2.87 bits per heavy atom. The number of nitrogens with one attached hydrogen (secondary N) is 1. The topological polar surface area (TPSA) is 21.3 Å². The van der Waals surface area contributed by atoms with Gasteiger partial charge in [0.05, 0.1) is 6.61 Å². The monoisotopic (exact) mass is 205 g/mol. The van der Waals surface area contributed by atoms with Crippen molar-refractivity contribution in [3.63, 3.8) is 0 Å². The average molecular weight is 205 g/mol.